The second-order valence-corrected chi connectivity index (χ2v) is 10.6. The normalized spacial score (nSPS) is 18.3. The van der Waals surface area contributed by atoms with Gasteiger partial charge in [0.05, 0.1) is 5.92 Å². The lowest BCUT2D eigenvalue weighted by atomic mass is 9.86. The van der Waals surface area contributed by atoms with Crippen molar-refractivity contribution in [3.63, 3.8) is 0 Å². The number of nitrogens with one attached hydrogen (secondary N) is 1. The van der Waals surface area contributed by atoms with Crippen LogP contribution in [0.5, 0.6) is 0 Å². The maximum atomic E-state index is 13.1. The molecule has 1 aliphatic rings. The summed E-state index contributed by atoms with van der Waals surface area (Å²) in [5.41, 5.74) is 1.84. The molecule has 3 rings (SSSR count). The summed E-state index contributed by atoms with van der Waals surface area (Å²) < 4.78 is 0. The second kappa shape index (κ2) is 10.3. The van der Waals surface area contributed by atoms with Gasteiger partial charge in [-0.2, -0.15) is 0 Å². The molecule has 3 unspecified atom stereocenters. The molecule has 2 aromatic carbocycles. The Hall–Kier alpha value is -2.04. The Kier molecular flexibility index (Phi) is 7.89. The highest BCUT2D eigenvalue weighted by Crippen LogP contribution is 2.28. The molecule has 0 aromatic heterocycles. The molecule has 1 fully saturated rings. The van der Waals surface area contributed by atoms with Crippen LogP contribution in [0.2, 0.25) is 10.0 Å². The first kappa shape index (κ1) is 24.6. The van der Waals surface area contributed by atoms with E-state index in [1.165, 1.54) is 0 Å². The summed E-state index contributed by atoms with van der Waals surface area (Å²) >= 11 is 12.1. The van der Waals surface area contributed by atoms with Gasteiger partial charge in [-0.25, -0.2) is 0 Å². The molecule has 1 aliphatic heterocycles. The van der Waals surface area contributed by atoms with Gasteiger partial charge in [0, 0.05) is 40.5 Å². The summed E-state index contributed by atoms with van der Waals surface area (Å²) in [6.07, 6.45) is 1.46. The zero-order valence-electron chi connectivity index (χ0n) is 19.2. The predicted molar refractivity (Wildman–Crippen MR) is 131 cm³/mol. The van der Waals surface area contributed by atoms with Crippen molar-refractivity contribution in [3.05, 3.63) is 69.7 Å². The number of halogens is 2. The van der Waals surface area contributed by atoms with E-state index in [-0.39, 0.29) is 29.7 Å². The number of hydrogen-bond acceptors (Lipinski definition) is 2. The first-order chi connectivity index (χ1) is 15.0. The van der Waals surface area contributed by atoms with Crippen LogP contribution in [0.4, 0.5) is 0 Å². The minimum Gasteiger partial charge on any atom is -0.353 e. The Labute approximate surface area is 201 Å². The van der Waals surface area contributed by atoms with Crippen molar-refractivity contribution in [2.75, 3.05) is 13.1 Å². The fourth-order valence-electron chi connectivity index (χ4n) is 4.24. The molecule has 0 radical (unpaired) electrons. The monoisotopic (exact) mass is 474 g/mol. The number of nitrogens with zero attached hydrogens (tertiary/aromatic N) is 1. The van der Waals surface area contributed by atoms with Crippen molar-refractivity contribution in [1.29, 1.82) is 0 Å². The second-order valence-electron chi connectivity index (χ2n) is 9.77. The maximum absolute atomic E-state index is 13.1. The molecule has 1 N–H and O–H groups in total. The average Bonchev–Trinajstić information content (AvgIpc) is 3.23. The fraction of sp³-hybridized carbons (Fsp3) is 0.462. The van der Waals surface area contributed by atoms with E-state index in [0.29, 0.717) is 29.6 Å². The minimum absolute atomic E-state index is 0.0109. The molecule has 1 saturated heterocycles. The highest BCUT2D eigenvalue weighted by molar-refractivity contribution is 6.30. The molecule has 4 nitrogen and oxygen atoms in total. The van der Waals surface area contributed by atoms with Crippen molar-refractivity contribution >= 4 is 35.0 Å². The van der Waals surface area contributed by atoms with Crippen LogP contribution in [0.15, 0.2) is 48.5 Å². The Morgan fingerprint density at radius 3 is 2.16 bits per heavy atom. The summed E-state index contributed by atoms with van der Waals surface area (Å²) in [5, 5.41) is 4.62. The van der Waals surface area contributed by atoms with Crippen LogP contribution in [0.25, 0.3) is 0 Å². The van der Waals surface area contributed by atoms with Crippen molar-refractivity contribution in [2.24, 2.45) is 11.3 Å². The summed E-state index contributed by atoms with van der Waals surface area (Å²) in [7, 11) is 0. The SMILES string of the molecule is CC(NC(=O)C1CCN(C(=O)C(C)(C)C)C1)C(Cc1ccc(Cl)cc1)c1ccc(Cl)cc1. The lowest BCUT2D eigenvalue weighted by Crippen LogP contribution is -2.43. The zero-order chi connectivity index (χ0) is 23.5. The summed E-state index contributed by atoms with van der Waals surface area (Å²) in [6.45, 7) is 8.90. The van der Waals surface area contributed by atoms with Gasteiger partial charge in [0.15, 0.2) is 0 Å². The van der Waals surface area contributed by atoms with Crippen molar-refractivity contribution in [2.45, 2.75) is 52.5 Å². The first-order valence-corrected chi connectivity index (χ1v) is 11.9. The minimum atomic E-state index is -0.434. The van der Waals surface area contributed by atoms with Crippen molar-refractivity contribution in [1.82, 2.24) is 10.2 Å². The van der Waals surface area contributed by atoms with Gasteiger partial charge in [-0.3, -0.25) is 9.59 Å². The summed E-state index contributed by atoms with van der Waals surface area (Å²) in [6, 6.07) is 15.5. The summed E-state index contributed by atoms with van der Waals surface area (Å²) in [5.74, 6) is 0.00987. The van der Waals surface area contributed by atoms with Gasteiger partial charge < -0.3 is 10.2 Å². The number of amides is 2. The van der Waals surface area contributed by atoms with E-state index in [1.807, 2.05) is 81.1 Å². The van der Waals surface area contributed by atoms with Gasteiger partial charge in [0.2, 0.25) is 11.8 Å². The van der Waals surface area contributed by atoms with Crippen molar-refractivity contribution < 1.29 is 9.59 Å². The molecule has 32 heavy (non-hydrogen) atoms. The van der Waals surface area contributed by atoms with Crippen LogP contribution < -0.4 is 5.32 Å². The van der Waals surface area contributed by atoms with E-state index in [0.717, 1.165) is 17.5 Å². The quantitative estimate of drug-likeness (QED) is 0.581. The van der Waals surface area contributed by atoms with E-state index in [2.05, 4.69) is 5.32 Å². The van der Waals surface area contributed by atoms with E-state index >= 15 is 0 Å². The van der Waals surface area contributed by atoms with Gasteiger partial charge in [0.25, 0.3) is 0 Å². The molecular formula is C26H32Cl2N2O2. The van der Waals surface area contributed by atoms with Gasteiger partial charge in [0.1, 0.15) is 0 Å². The molecule has 2 amide bonds. The number of hydrogen-bond donors (Lipinski definition) is 1. The fourth-order valence-corrected chi connectivity index (χ4v) is 4.50. The molecule has 6 heteroatoms. The Bertz CT molecular complexity index is 936. The molecule has 1 heterocycles. The van der Waals surface area contributed by atoms with E-state index < -0.39 is 5.41 Å². The molecule has 2 aromatic rings. The van der Waals surface area contributed by atoms with Crippen LogP contribution in [0, 0.1) is 11.3 Å². The predicted octanol–water partition coefficient (Wildman–Crippen LogP) is 5.72. The Morgan fingerprint density at radius 2 is 1.59 bits per heavy atom. The third-order valence-corrected chi connectivity index (χ3v) is 6.63. The third kappa shape index (κ3) is 6.26. The Morgan fingerprint density at radius 1 is 1.03 bits per heavy atom. The lowest BCUT2D eigenvalue weighted by Gasteiger charge is -2.28. The highest BCUT2D eigenvalue weighted by Gasteiger charge is 2.36. The number of rotatable bonds is 6. The highest BCUT2D eigenvalue weighted by atomic mass is 35.5. The van der Waals surface area contributed by atoms with Crippen LogP contribution in [0.1, 0.15) is 51.2 Å². The molecule has 0 saturated carbocycles. The largest absolute Gasteiger partial charge is 0.353 e. The lowest BCUT2D eigenvalue weighted by molar-refractivity contribution is -0.138. The molecule has 172 valence electrons. The van der Waals surface area contributed by atoms with Gasteiger partial charge >= 0.3 is 0 Å². The van der Waals surface area contributed by atoms with Gasteiger partial charge in [-0.05, 0) is 55.2 Å². The Balaban J connectivity index is 1.71. The van der Waals surface area contributed by atoms with Crippen LogP contribution in [0.3, 0.4) is 0 Å². The molecule has 0 aliphatic carbocycles. The van der Waals surface area contributed by atoms with Crippen LogP contribution in [-0.4, -0.2) is 35.8 Å². The van der Waals surface area contributed by atoms with E-state index in [1.54, 1.807) is 0 Å². The number of benzene rings is 2. The molecular weight excluding hydrogens is 443 g/mol. The standard InChI is InChI=1S/C26H32Cl2N2O2/c1-17(29-24(31)20-13-14-30(16-20)25(32)26(2,3)4)23(19-7-11-22(28)12-8-19)15-18-5-9-21(27)10-6-18/h5-12,17,20,23H,13-16H2,1-4H3,(H,29,31). The van der Waals surface area contributed by atoms with Crippen LogP contribution >= 0.6 is 23.2 Å². The molecule has 0 bridgehead atoms. The summed E-state index contributed by atoms with van der Waals surface area (Å²) in [4.78, 5) is 27.5. The molecule has 0 spiro atoms. The molecule has 3 atom stereocenters. The van der Waals surface area contributed by atoms with E-state index in [9.17, 15) is 9.59 Å². The van der Waals surface area contributed by atoms with Crippen molar-refractivity contribution in [3.8, 4) is 0 Å². The third-order valence-electron chi connectivity index (χ3n) is 6.13. The number of carbonyl (C=O) groups is 2. The van der Waals surface area contributed by atoms with Gasteiger partial charge in [-0.1, -0.05) is 68.2 Å². The maximum Gasteiger partial charge on any atom is 0.227 e. The van der Waals surface area contributed by atoms with E-state index in [4.69, 9.17) is 23.2 Å². The van der Waals surface area contributed by atoms with Crippen LogP contribution in [-0.2, 0) is 16.0 Å². The zero-order valence-corrected chi connectivity index (χ0v) is 20.7. The number of carbonyl (C=O) groups excluding carboxylic acids is 2. The average molecular weight is 475 g/mol. The smallest absolute Gasteiger partial charge is 0.227 e. The topological polar surface area (TPSA) is 49.4 Å². The number of likely N-dealkylation sites (tertiary alicyclic amines) is 1. The first-order valence-electron chi connectivity index (χ1n) is 11.1. The van der Waals surface area contributed by atoms with Gasteiger partial charge in [-0.15, -0.1) is 0 Å².